The minimum Gasteiger partial charge on any atom is -0.351 e. The zero-order valence-corrected chi connectivity index (χ0v) is 8.57. The second kappa shape index (κ2) is 4.05. The van der Waals surface area contributed by atoms with Gasteiger partial charge < -0.3 is 11.1 Å². The molecule has 76 valence electrons. The quantitative estimate of drug-likeness (QED) is 0.682. The van der Waals surface area contributed by atoms with Crippen LogP contribution in [-0.2, 0) is 4.79 Å². The molecular weight excluding hydrogens is 204 g/mol. The molecule has 6 nitrogen and oxygen atoms in total. The maximum Gasteiger partial charge on any atom is 0.317 e. The molecule has 0 atom stereocenters. The fourth-order valence-electron chi connectivity index (χ4n) is 0.828. The number of aromatic nitrogens is 1. The molecular formula is C7H10N4O2S. The molecule has 14 heavy (non-hydrogen) atoms. The van der Waals surface area contributed by atoms with Crippen LogP contribution in [0.1, 0.15) is 12.6 Å². The number of urea groups is 1. The molecule has 1 rings (SSSR count). The van der Waals surface area contributed by atoms with Gasteiger partial charge in [-0.3, -0.25) is 10.1 Å². The molecule has 0 radical (unpaired) electrons. The van der Waals surface area contributed by atoms with Crippen molar-refractivity contribution in [3.63, 3.8) is 0 Å². The molecule has 0 unspecified atom stereocenters. The number of rotatable bonds is 2. The molecule has 0 saturated carbocycles. The minimum atomic E-state index is -0.647. The first kappa shape index (κ1) is 10.5. The van der Waals surface area contributed by atoms with Crippen LogP contribution in [0.5, 0.6) is 0 Å². The van der Waals surface area contributed by atoms with Gasteiger partial charge in [-0.1, -0.05) is 11.3 Å². The predicted molar refractivity (Wildman–Crippen MR) is 54.4 cm³/mol. The van der Waals surface area contributed by atoms with Gasteiger partial charge in [0.2, 0.25) is 5.91 Å². The Morgan fingerprint density at radius 3 is 2.57 bits per heavy atom. The number of primary amides is 1. The normalized spacial score (nSPS) is 9.57. The second-order valence-corrected chi connectivity index (χ2v) is 3.60. The van der Waals surface area contributed by atoms with Gasteiger partial charge in [0.25, 0.3) is 0 Å². The van der Waals surface area contributed by atoms with E-state index in [-0.39, 0.29) is 5.91 Å². The van der Waals surface area contributed by atoms with E-state index in [1.807, 2.05) is 0 Å². The van der Waals surface area contributed by atoms with Crippen LogP contribution < -0.4 is 16.4 Å². The Hall–Kier alpha value is -1.63. The van der Waals surface area contributed by atoms with Crippen LogP contribution in [-0.4, -0.2) is 16.9 Å². The summed E-state index contributed by atoms with van der Waals surface area (Å²) in [7, 11) is 0. The first-order valence-corrected chi connectivity index (χ1v) is 4.62. The summed E-state index contributed by atoms with van der Waals surface area (Å²) in [6.07, 6.45) is 0. The lowest BCUT2D eigenvalue weighted by Gasteiger charge is -1.95. The van der Waals surface area contributed by atoms with Crippen molar-refractivity contribution in [2.45, 2.75) is 13.8 Å². The summed E-state index contributed by atoms with van der Waals surface area (Å²) < 4.78 is 0. The van der Waals surface area contributed by atoms with Gasteiger partial charge in [0.15, 0.2) is 5.13 Å². The maximum absolute atomic E-state index is 10.7. The van der Waals surface area contributed by atoms with Crippen LogP contribution in [0.4, 0.5) is 14.9 Å². The third-order valence-corrected chi connectivity index (χ3v) is 2.30. The Kier molecular flexibility index (Phi) is 3.03. The number of nitrogens with two attached hydrogens (primary N) is 1. The smallest absolute Gasteiger partial charge is 0.317 e. The fraction of sp³-hybridized carbons (Fsp3) is 0.286. The van der Waals surface area contributed by atoms with Crippen molar-refractivity contribution in [3.05, 3.63) is 5.69 Å². The summed E-state index contributed by atoms with van der Waals surface area (Å²) in [4.78, 5) is 25.3. The zero-order chi connectivity index (χ0) is 10.7. The van der Waals surface area contributed by atoms with Gasteiger partial charge in [-0.2, -0.15) is 0 Å². The molecule has 1 aromatic rings. The molecule has 0 saturated heterocycles. The lowest BCUT2D eigenvalue weighted by molar-refractivity contribution is -0.114. The van der Waals surface area contributed by atoms with E-state index in [1.165, 1.54) is 6.92 Å². The predicted octanol–water partition coefficient (Wildman–Crippen LogP) is 0.901. The van der Waals surface area contributed by atoms with Gasteiger partial charge in [-0.05, 0) is 6.92 Å². The number of nitrogens with one attached hydrogen (secondary N) is 2. The lowest BCUT2D eigenvalue weighted by Crippen LogP contribution is -2.18. The van der Waals surface area contributed by atoms with Crippen LogP contribution in [0.25, 0.3) is 0 Å². The summed E-state index contributed by atoms with van der Waals surface area (Å²) in [5.41, 5.74) is 5.57. The summed E-state index contributed by atoms with van der Waals surface area (Å²) in [6.45, 7) is 3.10. The summed E-state index contributed by atoms with van der Waals surface area (Å²) >= 11 is 1.16. The molecule has 1 heterocycles. The van der Waals surface area contributed by atoms with E-state index in [0.29, 0.717) is 15.8 Å². The van der Waals surface area contributed by atoms with Crippen molar-refractivity contribution in [3.8, 4) is 0 Å². The Morgan fingerprint density at radius 2 is 2.07 bits per heavy atom. The van der Waals surface area contributed by atoms with Gasteiger partial charge >= 0.3 is 6.03 Å². The number of hydrogen-bond donors (Lipinski definition) is 3. The molecule has 0 aliphatic carbocycles. The van der Waals surface area contributed by atoms with Crippen molar-refractivity contribution < 1.29 is 9.59 Å². The number of hydrogen-bond acceptors (Lipinski definition) is 4. The molecule has 0 bridgehead atoms. The maximum atomic E-state index is 10.7. The van der Waals surface area contributed by atoms with E-state index >= 15 is 0 Å². The summed E-state index contributed by atoms with van der Waals surface area (Å²) in [5.74, 6) is -0.204. The Morgan fingerprint density at radius 1 is 1.43 bits per heavy atom. The molecule has 4 N–H and O–H groups in total. The van der Waals surface area contributed by atoms with Gasteiger partial charge in [-0.15, -0.1) is 0 Å². The molecule has 0 aliphatic rings. The van der Waals surface area contributed by atoms with E-state index in [1.54, 1.807) is 6.92 Å². The average molecular weight is 214 g/mol. The number of amides is 3. The van der Waals surface area contributed by atoms with Crippen LogP contribution in [0, 0.1) is 6.92 Å². The second-order valence-electron chi connectivity index (χ2n) is 2.60. The van der Waals surface area contributed by atoms with E-state index < -0.39 is 6.03 Å². The first-order valence-electron chi connectivity index (χ1n) is 3.80. The van der Waals surface area contributed by atoms with Crippen molar-refractivity contribution in [1.82, 2.24) is 4.98 Å². The third-order valence-electron chi connectivity index (χ3n) is 1.32. The third kappa shape index (κ3) is 2.70. The van der Waals surface area contributed by atoms with Crippen LogP contribution in [0.15, 0.2) is 0 Å². The largest absolute Gasteiger partial charge is 0.351 e. The summed E-state index contributed by atoms with van der Waals surface area (Å²) in [6, 6.07) is -0.647. The average Bonchev–Trinajstić information content (AvgIpc) is 2.28. The highest BCUT2D eigenvalue weighted by molar-refractivity contribution is 7.20. The van der Waals surface area contributed by atoms with Crippen LogP contribution in [0.3, 0.4) is 0 Å². The molecule has 0 aliphatic heterocycles. The van der Waals surface area contributed by atoms with Gasteiger partial charge in [0.1, 0.15) is 5.00 Å². The molecule has 0 aromatic carbocycles. The fourth-order valence-corrected chi connectivity index (χ4v) is 1.74. The minimum absolute atomic E-state index is 0.204. The molecule has 0 fully saturated rings. The number of carbonyl (C=O) groups excluding carboxylic acids is 2. The number of thiazole rings is 1. The van der Waals surface area contributed by atoms with E-state index in [0.717, 1.165) is 11.3 Å². The standard InChI is InChI=1S/C7H10N4O2S/c1-3-5(11-6(8)13)14-7(9-3)10-4(2)12/h1-2H3,(H3,8,11,13)(H,9,10,12). The zero-order valence-electron chi connectivity index (χ0n) is 7.75. The number of anilines is 2. The highest BCUT2D eigenvalue weighted by Crippen LogP contribution is 2.27. The first-order chi connectivity index (χ1) is 6.49. The van der Waals surface area contributed by atoms with E-state index in [2.05, 4.69) is 15.6 Å². The van der Waals surface area contributed by atoms with Crippen molar-refractivity contribution >= 4 is 33.4 Å². The van der Waals surface area contributed by atoms with Crippen molar-refractivity contribution in [2.24, 2.45) is 5.73 Å². The van der Waals surface area contributed by atoms with Crippen molar-refractivity contribution in [2.75, 3.05) is 10.6 Å². The van der Waals surface area contributed by atoms with Gasteiger partial charge in [-0.25, -0.2) is 9.78 Å². The molecule has 7 heteroatoms. The molecule has 1 aromatic heterocycles. The van der Waals surface area contributed by atoms with Crippen LogP contribution in [0.2, 0.25) is 0 Å². The highest BCUT2D eigenvalue weighted by Gasteiger charge is 2.09. The number of aryl methyl sites for hydroxylation is 1. The topological polar surface area (TPSA) is 97.1 Å². The lowest BCUT2D eigenvalue weighted by atomic mass is 10.5. The van der Waals surface area contributed by atoms with Crippen molar-refractivity contribution in [1.29, 1.82) is 0 Å². The summed E-state index contributed by atoms with van der Waals surface area (Å²) in [5, 5.41) is 5.91. The Labute approximate surface area is 84.5 Å². The number of nitrogens with zero attached hydrogens (tertiary/aromatic N) is 1. The monoisotopic (exact) mass is 214 g/mol. The SMILES string of the molecule is CC(=O)Nc1nc(C)c(NC(N)=O)s1. The Bertz CT molecular complexity index is 374. The molecule has 3 amide bonds. The van der Waals surface area contributed by atoms with E-state index in [4.69, 9.17) is 5.73 Å². The highest BCUT2D eigenvalue weighted by atomic mass is 32.1. The van der Waals surface area contributed by atoms with Gasteiger partial charge in [0.05, 0.1) is 5.69 Å². The van der Waals surface area contributed by atoms with E-state index in [9.17, 15) is 9.59 Å². The Balaban J connectivity index is 2.81. The van der Waals surface area contributed by atoms with Crippen LogP contribution >= 0.6 is 11.3 Å². The van der Waals surface area contributed by atoms with Gasteiger partial charge in [0, 0.05) is 6.92 Å². The molecule has 0 spiro atoms. The number of carbonyl (C=O) groups is 2.